The third-order valence-electron chi connectivity index (χ3n) is 10.2. The molecule has 3 N–H and O–H groups in total. The number of hydrogen-bond donors (Lipinski definition) is 3. The van der Waals surface area contributed by atoms with Crippen LogP contribution in [0.1, 0.15) is 69.9 Å². The Balaban J connectivity index is 1.19. The molecule has 5 atom stereocenters. The van der Waals surface area contributed by atoms with Gasteiger partial charge in [0.1, 0.15) is 5.75 Å². The van der Waals surface area contributed by atoms with Gasteiger partial charge in [-0.1, -0.05) is 26.8 Å². The Morgan fingerprint density at radius 1 is 1.11 bits per heavy atom. The Labute approximate surface area is 215 Å². The molecule has 2 saturated carbocycles. The van der Waals surface area contributed by atoms with Gasteiger partial charge in [-0.15, -0.1) is 0 Å². The van der Waals surface area contributed by atoms with Crippen molar-refractivity contribution >= 4 is 11.8 Å². The third-order valence-corrected chi connectivity index (χ3v) is 10.2. The molecule has 3 fully saturated rings. The molecule has 1 aliphatic heterocycles. The van der Waals surface area contributed by atoms with Crippen molar-refractivity contribution in [3.05, 3.63) is 29.3 Å². The summed E-state index contributed by atoms with van der Waals surface area (Å²) in [4.78, 5) is 28.5. The number of rotatable bonds is 5. The number of benzene rings is 1. The Hall–Kier alpha value is -2.12. The number of amides is 2. The second-order valence-electron chi connectivity index (χ2n) is 12.4. The summed E-state index contributed by atoms with van der Waals surface area (Å²) in [6.45, 7) is 9.52. The van der Waals surface area contributed by atoms with Crippen LogP contribution in [0.4, 0.5) is 0 Å². The number of nitrogens with one attached hydrogen (secondary N) is 1. The predicted octanol–water partition coefficient (Wildman–Crippen LogP) is 2.90. The highest BCUT2D eigenvalue weighted by molar-refractivity contribution is 5.85. The van der Waals surface area contributed by atoms with Gasteiger partial charge in [0.05, 0.1) is 12.1 Å². The van der Waals surface area contributed by atoms with Crippen LogP contribution in [0, 0.1) is 23.2 Å². The van der Waals surface area contributed by atoms with Crippen LogP contribution in [-0.4, -0.2) is 76.7 Å². The van der Waals surface area contributed by atoms with Gasteiger partial charge in [0, 0.05) is 44.1 Å². The van der Waals surface area contributed by atoms with E-state index in [9.17, 15) is 19.8 Å². The number of hydrogen-bond acceptors (Lipinski definition) is 5. The van der Waals surface area contributed by atoms with E-state index in [1.54, 1.807) is 0 Å². The molecule has 0 unspecified atom stereocenters. The van der Waals surface area contributed by atoms with Crippen molar-refractivity contribution in [3.8, 4) is 5.75 Å². The molecule has 1 aromatic carbocycles. The molecule has 1 saturated heterocycles. The van der Waals surface area contributed by atoms with Crippen LogP contribution < -0.4 is 5.32 Å². The average molecular weight is 498 g/mol. The van der Waals surface area contributed by atoms with E-state index in [4.69, 9.17) is 0 Å². The molecular weight excluding hydrogens is 454 g/mol. The van der Waals surface area contributed by atoms with Crippen molar-refractivity contribution in [1.82, 2.24) is 15.1 Å². The fourth-order valence-electron chi connectivity index (χ4n) is 7.94. The van der Waals surface area contributed by atoms with Gasteiger partial charge in [-0.2, -0.15) is 0 Å². The first-order chi connectivity index (χ1) is 17.1. The van der Waals surface area contributed by atoms with Crippen molar-refractivity contribution in [2.24, 2.45) is 23.2 Å². The minimum Gasteiger partial charge on any atom is -0.508 e. The fraction of sp³-hybridized carbons (Fsp3) is 0.724. The Morgan fingerprint density at radius 3 is 2.58 bits per heavy atom. The first-order valence-electron chi connectivity index (χ1n) is 13.9. The van der Waals surface area contributed by atoms with E-state index in [-0.39, 0.29) is 29.7 Å². The zero-order valence-electron chi connectivity index (χ0n) is 22.1. The summed E-state index contributed by atoms with van der Waals surface area (Å²) in [5, 5.41) is 24.8. The molecule has 7 nitrogen and oxygen atoms in total. The highest BCUT2D eigenvalue weighted by Crippen LogP contribution is 2.64. The first-order valence-corrected chi connectivity index (χ1v) is 13.9. The molecule has 36 heavy (non-hydrogen) atoms. The van der Waals surface area contributed by atoms with E-state index in [2.05, 4.69) is 23.2 Å². The van der Waals surface area contributed by atoms with Crippen molar-refractivity contribution in [3.63, 3.8) is 0 Å². The lowest BCUT2D eigenvalue weighted by atomic mass is 9.53. The van der Waals surface area contributed by atoms with Gasteiger partial charge in [0.2, 0.25) is 11.8 Å². The van der Waals surface area contributed by atoms with Gasteiger partial charge in [-0.25, -0.2) is 0 Å². The largest absolute Gasteiger partial charge is 0.508 e. The predicted molar refractivity (Wildman–Crippen MR) is 139 cm³/mol. The number of fused-ring (bicyclic) bond motifs is 5. The SMILES string of the molecule is CC(C)C(=O)NCC(=O)N1CCN(C[C@]2(O)CC[C@H]3[C@@H]4CCc5cc(O)ccc5[C@H]4CC[C@@]32C)CC1. The molecule has 4 aliphatic rings. The number of phenolic OH excluding ortho intramolecular Hbond substituents is 1. The van der Waals surface area contributed by atoms with Crippen LogP contribution in [0.2, 0.25) is 0 Å². The van der Waals surface area contributed by atoms with Gasteiger partial charge in [0.15, 0.2) is 0 Å². The maximum absolute atomic E-state index is 12.5. The van der Waals surface area contributed by atoms with Gasteiger partial charge in [0.25, 0.3) is 0 Å². The van der Waals surface area contributed by atoms with Crippen LogP contribution in [-0.2, 0) is 16.0 Å². The number of piperazine rings is 1. The summed E-state index contributed by atoms with van der Waals surface area (Å²) >= 11 is 0. The van der Waals surface area contributed by atoms with Crippen molar-refractivity contribution in [2.75, 3.05) is 39.3 Å². The number of β-amino-alcohol motifs (C(OH)–C–C–N with tert-alkyl or cyclic N) is 1. The van der Waals surface area contributed by atoms with Gasteiger partial charge >= 0.3 is 0 Å². The number of carbonyl (C=O) groups excluding carboxylic acids is 2. The Kier molecular flexibility index (Phi) is 6.83. The summed E-state index contributed by atoms with van der Waals surface area (Å²) < 4.78 is 0. The highest BCUT2D eigenvalue weighted by Gasteiger charge is 2.61. The normalized spacial score (nSPS) is 34.1. The zero-order chi connectivity index (χ0) is 25.7. The average Bonchev–Trinajstić information content (AvgIpc) is 3.12. The van der Waals surface area contributed by atoms with Crippen LogP contribution in [0.3, 0.4) is 0 Å². The number of aromatic hydroxyl groups is 1. The lowest BCUT2D eigenvalue weighted by molar-refractivity contribution is -0.137. The van der Waals surface area contributed by atoms with E-state index in [0.29, 0.717) is 43.1 Å². The molecule has 0 aromatic heterocycles. The van der Waals surface area contributed by atoms with Crippen LogP contribution in [0.15, 0.2) is 18.2 Å². The summed E-state index contributed by atoms with van der Waals surface area (Å²) in [5.41, 5.74) is 1.95. The fourth-order valence-corrected chi connectivity index (χ4v) is 7.94. The maximum atomic E-state index is 12.5. The smallest absolute Gasteiger partial charge is 0.242 e. The second kappa shape index (κ2) is 9.64. The third kappa shape index (κ3) is 4.43. The highest BCUT2D eigenvalue weighted by atomic mass is 16.3. The summed E-state index contributed by atoms with van der Waals surface area (Å²) in [5.74, 6) is 1.78. The van der Waals surface area contributed by atoms with E-state index in [1.165, 1.54) is 11.1 Å². The number of nitrogens with zero attached hydrogens (tertiary/aromatic N) is 2. The monoisotopic (exact) mass is 497 g/mol. The van der Waals surface area contributed by atoms with Gasteiger partial charge in [-0.3, -0.25) is 14.5 Å². The molecule has 198 valence electrons. The topological polar surface area (TPSA) is 93.1 Å². The Bertz CT molecular complexity index is 1000. The molecule has 5 rings (SSSR count). The van der Waals surface area contributed by atoms with Crippen molar-refractivity contribution in [1.29, 1.82) is 0 Å². The van der Waals surface area contributed by atoms with E-state index in [1.807, 2.05) is 30.9 Å². The van der Waals surface area contributed by atoms with Crippen molar-refractivity contribution < 1.29 is 19.8 Å². The number of carbonyl (C=O) groups is 2. The molecule has 7 heteroatoms. The minimum atomic E-state index is -0.699. The molecule has 3 aliphatic carbocycles. The summed E-state index contributed by atoms with van der Waals surface area (Å²) in [6.07, 6.45) is 6.22. The lowest BCUT2D eigenvalue weighted by Crippen LogP contribution is -2.59. The van der Waals surface area contributed by atoms with E-state index in [0.717, 1.165) is 51.6 Å². The minimum absolute atomic E-state index is 0.0283. The van der Waals surface area contributed by atoms with E-state index < -0.39 is 5.60 Å². The second-order valence-corrected chi connectivity index (χ2v) is 12.4. The number of phenols is 1. The number of aryl methyl sites for hydroxylation is 1. The molecule has 0 spiro atoms. The van der Waals surface area contributed by atoms with Crippen LogP contribution in [0.5, 0.6) is 5.75 Å². The summed E-state index contributed by atoms with van der Waals surface area (Å²) in [7, 11) is 0. The van der Waals surface area contributed by atoms with E-state index >= 15 is 0 Å². The zero-order valence-corrected chi connectivity index (χ0v) is 22.1. The summed E-state index contributed by atoms with van der Waals surface area (Å²) in [6, 6.07) is 5.93. The number of aliphatic hydroxyl groups is 1. The molecular formula is C29H43N3O4. The van der Waals surface area contributed by atoms with Gasteiger partial charge < -0.3 is 20.4 Å². The Morgan fingerprint density at radius 2 is 1.86 bits per heavy atom. The first kappa shape index (κ1) is 25.5. The quantitative estimate of drug-likeness (QED) is 0.582. The molecule has 2 amide bonds. The van der Waals surface area contributed by atoms with Crippen LogP contribution >= 0.6 is 0 Å². The van der Waals surface area contributed by atoms with Crippen LogP contribution in [0.25, 0.3) is 0 Å². The molecule has 1 heterocycles. The maximum Gasteiger partial charge on any atom is 0.242 e. The molecule has 0 radical (unpaired) electrons. The van der Waals surface area contributed by atoms with Crippen molar-refractivity contribution in [2.45, 2.75) is 70.8 Å². The molecule has 0 bridgehead atoms. The molecule has 1 aromatic rings. The standard InChI is InChI=1S/C29H43N3O4/c1-19(2)27(35)30-17-26(34)32-14-12-31(13-15-32)18-29(36)11-9-25-24-6-4-20-16-21(33)5-7-22(20)23(24)8-10-28(25,29)3/h5,7,16,19,23-25,33,36H,4,6,8-15,17-18H2,1-3H3,(H,30,35)/t23-,24-,25+,28+,29-/m1/s1. The van der Waals surface area contributed by atoms with Gasteiger partial charge in [-0.05, 0) is 79.5 Å². The lowest BCUT2D eigenvalue weighted by Gasteiger charge is -2.54.